The second-order valence-corrected chi connectivity index (χ2v) is 8.23. The molecule has 1 nitrogen and oxygen atoms in total. The van der Waals surface area contributed by atoms with E-state index in [2.05, 4.69) is 120 Å². The van der Waals surface area contributed by atoms with Crippen molar-refractivity contribution in [3.63, 3.8) is 0 Å². The molecule has 0 atom stereocenters. The van der Waals surface area contributed by atoms with E-state index in [0.717, 1.165) is 0 Å². The molecule has 31 heavy (non-hydrogen) atoms. The van der Waals surface area contributed by atoms with Crippen LogP contribution in [-0.2, 0) is 0 Å². The lowest BCUT2D eigenvalue weighted by Crippen LogP contribution is -2.15. The summed E-state index contributed by atoms with van der Waals surface area (Å²) in [5.41, 5.74) is 6.27. The van der Waals surface area contributed by atoms with Gasteiger partial charge in [-0.1, -0.05) is 84.9 Å². The molecule has 6 aromatic carbocycles. The van der Waals surface area contributed by atoms with Crippen molar-refractivity contribution in [1.29, 1.82) is 0 Å². The molecule has 1 aliphatic rings. The first-order valence-electron chi connectivity index (χ1n) is 10.7. The highest BCUT2D eigenvalue weighted by atomic mass is 15.2. The van der Waals surface area contributed by atoms with Gasteiger partial charge in [-0.3, -0.25) is 0 Å². The van der Waals surface area contributed by atoms with Gasteiger partial charge in [0.1, 0.15) is 0 Å². The van der Waals surface area contributed by atoms with Crippen LogP contribution in [0.3, 0.4) is 0 Å². The van der Waals surface area contributed by atoms with Crippen LogP contribution in [0.2, 0.25) is 0 Å². The van der Waals surface area contributed by atoms with Gasteiger partial charge in [0.25, 0.3) is 0 Å². The summed E-state index contributed by atoms with van der Waals surface area (Å²) in [7, 11) is 0. The minimum atomic E-state index is 1.19. The molecule has 0 saturated carbocycles. The number of para-hydroxylation sites is 1. The average Bonchev–Trinajstić information content (AvgIpc) is 2.84. The van der Waals surface area contributed by atoms with Crippen molar-refractivity contribution in [2.45, 2.75) is 0 Å². The number of fused-ring (bicyclic) bond motifs is 5. The molecule has 0 saturated heterocycles. The van der Waals surface area contributed by atoms with Crippen molar-refractivity contribution in [3.8, 4) is 11.1 Å². The minimum absolute atomic E-state index is 1.19. The summed E-state index contributed by atoms with van der Waals surface area (Å²) in [6.45, 7) is 0. The van der Waals surface area contributed by atoms with Crippen LogP contribution >= 0.6 is 0 Å². The lowest BCUT2D eigenvalue weighted by atomic mass is 9.87. The third kappa shape index (κ3) is 2.32. The number of nitrogens with zero attached hydrogens (tertiary/aromatic N) is 1. The summed E-state index contributed by atoms with van der Waals surface area (Å²) in [5.74, 6) is 0. The van der Waals surface area contributed by atoms with Crippen molar-refractivity contribution in [3.05, 3.63) is 115 Å². The zero-order chi connectivity index (χ0) is 20.4. The molecule has 0 N–H and O–H groups in total. The van der Waals surface area contributed by atoms with Crippen molar-refractivity contribution in [2.24, 2.45) is 0 Å². The van der Waals surface area contributed by atoms with Gasteiger partial charge in [0, 0.05) is 16.6 Å². The van der Waals surface area contributed by atoms with Crippen molar-refractivity contribution in [1.82, 2.24) is 0 Å². The lowest BCUT2D eigenvalue weighted by Gasteiger charge is -2.34. The quantitative estimate of drug-likeness (QED) is 0.252. The molecule has 0 spiro atoms. The van der Waals surface area contributed by atoms with E-state index in [0.29, 0.717) is 0 Å². The van der Waals surface area contributed by atoms with Crippen LogP contribution in [0, 0.1) is 0 Å². The van der Waals surface area contributed by atoms with Crippen LogP contribution in [-0.4, -0.2) is 0 Å². The Morgan fingerprint density at radius 1 is 0.419 bits per heavy atom. The van der Waals surface area contributed by atoms with Gasteiger partial charge in [-0.05, 0) is 62.8 Å². The van der Waals surface area contributed by atoms with Gasteiger partial charge >= 0.3 is 0 Å². The predicted octanol–water partition coefficient (Wildman–Crippen LogP) is 8.60. The first kappa shape index (κ1) is 16.7. The standard InChI is InChI=1S/C30H19N/c1-2-12-23(13-3-1)31-28-18-21-10-5-4-9-20(21)17-27(28)26-16-8-15-25-24-14-7-6-11-22(24)19-29(31)30(25)26/h1-19H. The fourth-order valence-electron chi connectivity index (χ4n) is 5.16. The smallest absolute Gasteiger partial charge is 0.0552 e. The molecular formula is C30H19N. The molecule has 0 radical (unpaired) electrons. The van der Waals surface area contributed by atoms with E-state index in [4.69, 9.17) is 0 Å². The van der Waals surface area contributed by atoms with Gasteiger partial charge in [-0.25, -0.2) is 0 Å². The Bertz CT molecular complexity index is 1630. The number of hydrogen-bond acceptors (Lipinski definition) is 1. The maximum Gasteiger partial charge on any atom is 0.0552 e. The largest absolute Gasteiger partial charge is 0.309 e. The maximum atomic E-state index is 2.43. The Balaban J connectivity index is 1.71. The molecule has 7 rings (SSSR count). The van der Waals surface area contributed by atoms with E-state index in [1.165, 1.54) is 60.5 Å². The Labute approximate surface area is 180 Å². The van der Waals surface area contributed by atoms with Crippen LogP contribution in [0.15, 0.2) is 115 Å². The predicted molar refractivity (Wildman–Crippen MR) is 133 cm³/mol. The summed E-state index contributed by atoms with van der Waals surface area (Å²) >= 11 is 0. The van der Waals surface area contributed by atoms with Crippen LogP contribution in [0.25, 0.3) is 43.4 Å². The Morgan fingerprint density at radius 3 is 1.90 bits per heavy atom. The first-order chi connectivity index (χ1) is 15.4. The maximum absolute atomic E-state index is 2.43. The van der Waals surface area contributed by atoms with E-state index >= 15 is 0 Å². The second-order valence-electron chi connectivity index (χ2n) is 8.23. The van der Waals surface area contributed by atoms with Crippen LogP contribution in [0.5, 0.6) is 0 Å². The highest BCUT2D eigenvalue weighted by Crippen LogP contribution is 2.53. The molecule has 0 aromatic heterocycles. The fourth-order valence-corrected chi connectivity index (χ4v) is 5.16. The van der Waals surface area contributed by atoms with Crippen molar-refractivity contribution < 1.29 is 0 Å². The molecular weight excluding hydrogens is 374 g/mol. The van der Waals surface area contributed by atoms with E-state index in [-0.39, 0.29) is 0 Å². The molecule has 1 heteroatoms. The van der Waals surface area contributed by atoms with Gasteiger partial charge in [-0.15, -0.1) is 0 Å². The topological polar surface area (TPSA) is 3.24 Å². The molecule has 1 aliphatic heterocycles. The van der Waals surface area contributed by atoms with Crippen molar-refractivity contribution in [2.75, 3.05) is 4.90 Å². The molecule has 6 aromatic rings. The average molecular weight is 393 g/mol. The molecule has 0 fully saturated rings. The summed E-state index contributed by atoms with van der Waals surface area (Å²) in [5, 5.41) is 7.75. The highest BCUT2D eigenvalue weighted by Gasteiger charge is 2.27. The monoisotopic (exact) mass is 393 g/mol. The van der Waals surface area contributed by atoms with Crippen LogP contribution in [0.1, 0.15) is 0 Å². The summed E-state index contributed by atoms with van der Waals surface area (Å²) in [4.78, 5) is 2.43. The van der Waals surface area contributed by atoms with Crippen molar-refractivity contribution >= 4 is 49.4 Å². The Kier molecular flexibility index (Phi) is 3.33. The Morgan fingerprint density at radius 2 is 1.06 bits per heavy atom. The van der Waals surface area contributed by atoms with E-state index < -0.39 is 0 Å². The van der Waals surface area contributed by atoms with E-state index in [1.54, 1.807) is 0 Å². The third-order valence-corrected chi connectivity index (χ3v) is 6.51. The lowest BCUT2D eigenvalue weighted by molar-refractivity contribution is 1.29. The second kappa shape index (κ2) is 6.20. The van der Waals surface area contributed by atoms with Gasteiger partial charge in [0.15, 0.2) is 0 Å². The SMILES string of the molecule is c1ccc(N2c3cc4ccccc4cc3-c3cccc4c3c2cc2ccccc24)cc1. The number of hydrogen-bond donors (Lipinski definition) is 0. The Hall–Kier alpha value is -4.10. The molecule has 0 unspecified atom stereocenters. The summed E-state index contributed by atoms with van der Waals surface area (Å²) < 4.78 is 0. The zero-order valence-electron chi connectivity index (χ0n) is 16.9. The van der Waals surface area contributed by atoms with E-state index in [9.17, 15) is 0 Å². The molecule has 144 valence electrons. The van der Waals surface area contributed by atoms with Gasteiger partial charge in [-0.2, -0.15) is 0 Å². The minimum Gasteiger partial charge on any atom is -0.309 e. The number of benzene rings is 6. The normalized spacial score (nSPS) is 12.5. The van der Waals surface area contributed by atoms with Crippen LogP contribution < -0.4 is 4.90 Å². The molecule has 0 bridgehead atoms. The first-order valence-corrected chi connectivity index (χ1v) is 10.7. The molecule has 0 amide bonds. The van der Waals surface area contributed by atoms with Gasteiger partial charge in [0.05, 0.1) is 11.4 Å². The molecule has 0 aliphatic carbocycles. The number of rotatable bonds is 1. The highest BCUT2D eigenvalue weighted by molar-refractivity contribution is 6.23. The zero-order valence-corrected chi connectivity index (χ0v) is 16.9. The van der Waals surface area contributed by atoms with Gasteiger partial charge in [0.2, 0.25) is 0 Å². The van der Waals surface area contributed by atoms with Crippen LogP contribution in [0.4, 0.5) is 17.1 Å². The van der Waals surface area contributed by atoms with E-state index in [1.807, 2.05) is 0 Å². The molecule has 1 heterocycles. The van der Waals surface area contributed by atoms with Gasteiger partial charge < -0.3 is 4.90 Å². The third-order valence-electron chi connectivity index (χ3n) is 6.51. The number of anilines is 3. The summed E-state index contributed by atoms with van der Waals surface area (Å²) in [6, 6.07) is 41.9. The summed E-state index contributed by atoms with van der Waals surface area (Å²) in [6.07, 6.45) is 0. The fraction of sp³-hybridized carbons (Fsp3) is 0.